The summed E-state index contributed by atoms with van der Waals surface area (Å²) >= 11 is 0. The fraction of sp³-hybridized carbons (Fsp3) is 0.240. The Labute approximate surface area is 184 Å². The molecule has 32 heavy (non-hydrogen) atoms. The van der Waals surface area contributed by atoms with Gasteiger partial charge in [0.1, 0.15) is 0 Å². The lowest BCUT2D eigenvalue weighted by Gasteiger charge is -2.35. The average molecular weight is 451 g/mol. The molecule has 4 nitrogen and oxygen atoms in total. The molecule has 0 N–H and O–H groups in total. The zero-order chi connectivity index (χ0) is 22.4. The van der Waals surface area contributed by atoms with Gasteiger partial charge in [-0.1, -0.05) is 42.0 Å². The van der Waals surface area contributed by atoms with Crippen LogP contribution in [0.3, 0.4) is 0 Å². The van der Waals surface area contributed by atoms with Gasteiger partial charge in [-0.2, -0.15) is 4.31 Å². The van der Waals surface area contributed by atoms with Gasteiger partial charge in [0, 0.05) is 17.9 Å². The Balaban J connectivity index is 1.60. The van der Waals surface area contributed by atoms with Crippen molar-refractivity contribution in [1.82, 2.24) is 4.31 Å². The van der Waals surface area contributed by atoms with Crippen molar-refractivity contribution in [3.8, 4) is 0 Å². The smallest absolute Gasteiger partial charge is 0.244 e. The van der Waals surface area contributed by atoms with Crippen LogP contribution in [0.5, 0.6) is 0 Å². The molecular weight excluding hydrogens is 432 g/mol. The molecule has 4 atom stereocenters. The predicted octanol–water partition coefficient (Wildman–Crippen LogP) is 5.06. The van der Waals surface area contributed by atoms with Gasteiger partial charge in [0.2, 0.25) is 10.0 Å². The van der Waals surface area contributed by atoms with E-state index in [1.807, 2.05) is 19.1 Å². The number of fused-ring (bicyclic) bond motifs is 10. The summed E-state index contributed by atoms with van der Waals surface area (Å²) in [6.07, 6.45) is 0.168. The van der Waals surface area contributed by atoms with E-state index in [1.54, 1.807) is 36.4 Å². The van der Waals surface area contributed by atoms with E-state index in [0.29, 0.717) is 16.7 Å². The second-order valence-corrected chi connectivity index (χ2v) is 10.7. The van der Waals surface area contributed by atoms with Crippen molar-refractivity contribution in [1.29, 1.82) is 0 Å². The number of ketones is 1. The molecule has 0 amide bonds. The molecule has 0 aromatic heterocycles. The van der Waals surface area contributed by atoms with Crippen LogP contribution in [0.15, 0.2) is 65.6 Å². The molecule has 6 rings (SSSR count). The fourth-order valence-electron chi connectivity index (χ4n) is 5.87. The van der Waals surface area contributed by atoms with Crippen LogP contribution < -0.4 is 0 Å². The Hall–Kier alpha value is -2.90. The lowest BCUT2D eigenvalue weighted by Crippen LogP contribution is -2.29. The third-order valence-corrected chi connectivity index (χ3v) is 9.03. The highest BCUT2D eigenvalue weighted by Crippen LogP contribution is 2.67. The van der Waals surface area contributed by atoms with E-state index in [2.05, 4.69) is 0 Å². The number of hydrogen-bond acceptors (Lipinski definition) is 3. The topological polar surface area (TPSA) is 54.5 Å². The van der Waals surface area contributed by atoms with E-state index < -0.39 is 33.7 Å². The molecule has 3 aromatic rings. The van der Waals surface area contributed by atoms with Crippen molar-refractivity contribution >= 4 is 15.8 Å². The average Bonchev–Trinajstić information content (AvgIpc) is 3.27. The van der Waals surface area contributed by atoms with Gasteiger partial charge in [0.25, 0.3) is 0 Å². The second kappa shape index (κ2) is 6.56. The van der Waals surface area contributed by atoms with Crippen LogP contribution in [0.2, 0.25) is 0 Å². The predicted molar refractivity (Wildman–Crippen MR) is 114 cm³/mol. The Kier molecular flexibility index (Phi) is 4.05. The van der Waals surface area contributed by atoms with Crippen molar-refractivity contribution in [2.45, 2.75) is 36.2 Å². The first-order valence-corrected chi connectivity index (χ1v) is 11.9. The van der Waals surface area contributed by atoms with Gasteiger partial charge in [-0.15, -0.1) is 0 Å². The third kappa shape index (κ3) is 2.49. The first-order valence-electron chi connectivity index (χ1n) is 10.5. The van der Waals surface area contributed by atoms with Gasteiger partial charge in [-0.05, 0) is 53.8 Å². The quantitative estimate of drug-likeness (QED) is 0.547. The van der Waals surface area contributed by atoms with Gasteiger partial charge in [0.05, 0.1) is 17.0 Å². The number of nitrogens with zero attached hydrogens (tertiary/aromatic N) is 1. The standard InChI is InChI=1S/C25H19F2NO3S/c1-13-6-8-14(9-7-13)32(30,31)28-24-17-10-20(26)21(27)11-18(17)25(28)23-16-5-3-2-4-15(16)22(29)12-19(23)24/h2-11,19,23-25H,12H2,1H3/t19-,23+,24+,25-/m1/s1. The lowest BCUT2D eigenvalue weighted by atomic mass is 9.66. The molecule has 2 heterocycles. The Morgan fingerprint density at radius 3 is 2.19 bits per heavy atom. The van der Waals surface area contributed by atoms with Crippen LogP contribution in [-0.2, 0) is 10.0 Å². The minimum Gasteiger partial charge on any atom is -0.294 e. The fourth-order valence-corrected chi connectivity index (χ4v) is 7.71. The van der Waals surface area contributed by atoms with Gasteiger partial charge >= 0.3 is 0 Å². The van der Waals surface area contributed by atoms with Crippen molar-refractivity contribution in [3.05, 3.63) is 100 Å². The molecule has 7 heteroatoms. The molecule has 1 aliphatic carbocycles. The molecule has 1 fully saturated rings. The Morgan fingerprint density at radius 1 is 0.875 bits per heavy atom. The normalized spacial score (nSPS) is 26.0. The van der Waals surface area contributed by atoms with Crippen LogP contribution in [0, 0.1) is 24.5 Å². The Morgan fingerprint density at radius 2 is 1.50 bits per heavy atom. The maximum absolute atomic E-state index is 14.3. The van der Waals surface area contributed by atoms with E-state index in [9.17, 15) is 22.0 Å². The molecule has 2 bridgehead atoms. The minimum atomic E-state index is -3.99. The molecular formula is C25H19F2NO3S. The van der Waals surface area contributed by atoms with Crippen molar-refractivity contribution < 1.29 is 22.0 Å². The van der Waals surface area contributed by atoms with Crippen molar-refractivity contribution in [2.24, 2.45) is 5.92 Å². The first kappa shape index (κ1) is 19.8. The second-order valence-electron chi connectivity index (χ2n) is 8.84. The van der Waals surface area contributed by atoms with Crippen molar-refractivity contribution in [3.63, 3.8) is 0 Å². The van der Waals surface area contributed by atoms with Crippen LogP contribution in [0.4, 0.5) is 8.78 Å². The van der Waals surface area contributed by atoms with Crippen LogP contribution >= 0.6 is 0 Å². The number of hydrogen-bond donors (Lipinski definition) is 0. The third-order valence-electron chi connectivity index (χ3n) is 7.16. The summed E-state index contributed by atoms with van der Waals surface area (Å²) in [5.41, 5.74) is 3.22. The molecule has 0 radical (unpaired) electrons. The molecule has 162 valence electrons. The van der Waals surface area contributed by atoms with Crippen molar-refractivity contribution in [2.75, 3.05) is 0 Å². The zero-order valence-electron chi connectivity index (χ0n) is 17.1. The number of carbonyl (C=O) groups is 1. The largest absolute Gasteiger partial charge is 0.294 e. The van der Waals surface area contributed by atoms with Crippen LogP contribution in [0.25, 0.3) is 0 Å². The summed E-state index contributed by atoms with van der Waals surface area (Å²) in [4.78, 5) is 13.0. The molecule has 0 unspecified atom stereocenters. The highest BCUT2D eigenvalue weighted by molar-refractivity contribution is 7.89. The number of halogens is 2. The Bertz CT molecular complexity index is 1400. The van der Waals surface area contributed by atoms with E-state index >= 15 is 0 Å². The van der Waals surface area contributed by atoms with Gasteiger partial charge in [-0.3, -0.25) is 4.79 Å². The van der Waals surface area contributed by atoms with E-state index in [1.165, 1.54) is 4.31 Å². The van der Waals surface area contributed by atoms with E-state index in [0.717, 1.165) is 23.3 Å². The maximum Gasteiger partial charge on any atom is 0.244 e. The monoisotopic (exact) mass is 451 g/mol. The SMILES string of the molecule is Cc1ccc(S(=O)(=O)N2[C@@H]3c4cc(F)c(F)cc4[C@H]2[C@@H]2CC(=O)c4ccccc4[C@@H]23)cc1. The zero-order valence-corrected chi connectivity index (χ0v) is 17.9. The van der Waals surface area contributed by atoms with Gasteiger partial charge in [0.15, 0.2) is 17.4 Å². The summed E-state index contributed by atoms with van der Waals surface area (Å²) in [6, 6.07) is 14.6. The number of sulfonamides is 1. The first-order chi connectivity index (χ1) is 15.3. The summed E-state index contributed by atoms with van der Waals surface area (Å²) in [5.74, 6) is -2.69. The maximum atomic E-state index is 14.3. The highest BCUT2D eigenvalue weighted by Gasteiger charge is 2.62. The number of rotatable bonds is 2. The highest BCUT2D eigenvalue weighted by atomic mass is 32.2. The number of carbonyl (C=O) groups excluding carboxylic acids is 1. The summed E-state index contributed by atoms with van der Waals surface area (Å²) in [5, 5.41) is 0. The molecule has 3 aliphatic rings. The number of Topliss-reactive ketones (excluding diaryl/α,β-unsaturated/α-hetero) is 1. The molecule has 1 saturated heterocycles. The van der Waals surface area contributed by atoms with Crippen LogP contribution in [0.1, 0.15) is 57.0 Å². The lowest BCUT2D eigenvalue weighted by molar-refractivity contribution is 0.0932. The van der Waals surface area contributed by atoms with Gasteiger partial charge < -0.3 is 0 Å². The summed E-state index contributed by atoms with van der Waals surface area (Å²) < 4.78 is 57.6. The number of aryl methyl sites for hydroxylation is 1. The molecule has 0 spiro atoms. The minimum absolute atomic E-state index is 0.0498. The molecule has 0 saturated carbocycles. The van der Waals surface area contributed by atoms with E-state index in [-0.39, 0.29) is 28.9 Å². The summed E-state index contributed by atoms with van der Waals surface area (Å²) in [7, 11) is -3.99. The molecule has 3 aromatic carbocycles. The molecule has 2 aliphatic heterocycles. The number of benzene rings is 3. The van der Waals surface area contributed by atoms with Gasteiger partial charge in [-0.25, -0.2) is 17.2 Å². The summed E-state index contributed by atoms with van der Waals surface area (Å²) in [6.45, 7) is 1.87. The van der Waals surface area contributed by atoms with E-state index in [4.69, 9.17) is 0 Å². The van der Waals surface area contributed by atoms with Crippen LogP contribution in [-0.4, -0.2) is 18.5 Å².